The van der Waals surface area contributed by atoms with Gasteiger partial charge in [-0.05, 0) is 30.2 Å². The highest BCUT2D eigenvalue weighted by atomic mass is 15.5. The first kappa shape index (κ1) is 6.76. The summed E-state index contributed by atoms with van der Waals surface area (Å²) in [6.45, 7) is 1.96. The van der Waals surface area contributed by atoms with Crippen molar-refractivity contribution < 1.29 is 0 Å². The number of tetrazole rings is 1. The quantitative estimate of drug-likeness (QED) is 0.605. The highest BCUT2D eigenvalue weighted by molar-refractivity contribution is 4.81. The van der Waals surface area contributed by atoms with Gasteiger partial charge in [0.15, 0.2) is 0 Å². The molecule has 4 heteroatoms. The van der Waals surface area contributed by atoms with Crippen LogP contribution in [0.1, 0.15) is 37.5 Å². The Morgan fingerprint density at radius 2 is 2.09 bits per heavy atom. The molecular formula is C7H12N4. The summed E-state index contributed by atoms with van der Waals surface area (Å²) >= 11 is 0. The number of hydrogen-bond donors (Lipinski definition) is 0. The summed E-state index contributed by atoms with van der Waals surface area (Å²) in [5.41, 5.74) is 0. The molecule has 1 fully saturated rings. The third kappa shape index (κ3) is 1.13. The smallest absolute Gasteiger partial charge is 0.148 e. The van der Waals surface area contributed by atoms with Crippen LogP contribution >= 0.6 is 0 Å². The number of hydrogen-bond acceptors (Lipinski definition) is 3. The predicted molar refractivity (Wildman–Crippen MR) is 40.1 cm³/mol. The molecule has 2 rings (SSSR count). The minimum atomic E-state index is 0.574. The SMILES string of the molecule is Cc1nnnn1C1CCCC1. The molecule has 0 radical (unpaired) electrons. The normalized spacial score (nSPS) is 19.4. The molecule has 0 bridgehead atoms. The lowest BCUT2D eigenvalue weighted by Crippen LogP contribution is -2.08. The Morgan fingerprint density at radius 3 is 2.64 bits per heavy atom. The van der Waals surface area contributed by atoms with Crippen LogP contribution in [0.2, 0.25) is 0 Å². The second kappa shape index (κ2) is 2.60. The largest absolute Gasteiger partial charge is 0.227 e. The molecule has 11 heavy (non-hydrogen) atoms. The van der Waals surface area contributed by atoms with Crippen LogP contribution in [0, 0.1) is 6.92 Å². The molecule has 0 aliphatic heterocycles. The van der Waals surface area contributed by atoms with E-state index in [1.165, 1.54) is 25.7 Å². The molecule has 1 heterocycles. The van der Waals surface area contributed by atoms with Gasteiger partial charge in [-0.25, -0.2) is 4.68 Å². The van der Waals surface area contributed by atoms with Crippen LogP contribution in [-0.4, -0.2) is 20.2 Å². The first-order valence-electron chi connectivity index (χ1n) is 4.12. The van der Waals surface area contributed by atoms with Gasteiger partial charge in [0, 0.05) is 0 Å². The van der Waals surface area contributed by atoms with E-state index in [1.807, 2.05) is 11.6 Å². The molecule has 0 aromatic carbocycles. The van der Waals surface area contributed by atoms with Crippen LogP contribution in [0.25, 0.3) is 0 Å². The highest BCUT2D eigenvalue weighted by Gasteiger charge is 2.19. The fourth-order valence-corrected chi connectivity index (χ4v) is 1.72. The fraction of sp³-hybridized carbons (Fsp3) is 0.857. The maximum absolute atomic E-state index is 3.95. The molecule has 0 saturated heterocycles. The van der Waals surface area contributed by atoms with E-state index >= 15 is 0 Å². The van der Waals surface area contributed by atoms with Crippen LogP contribution in [0.15, 0.2) is 0 Å². The van der Waals surface area contributed by atoms with E-state index in [2.05, 4.69) is 15.5 Å². The van der Waals surface area contributed by atoms with Gasteiger partial charge in [-0.15, -0.1) is 5.10 Å². The Bertz CT molecular complexity index is 236. The van der Waals surface area contributed by atoms with Crippen molar-refractivity contribution >= 4 is 0 Å². The van der Waals surface area contributed by atoms with Crippen molar-refractivity contribution in [2.24, 2.45) is 0 Å². The van der Waals surface area contributed by atoms with Crippen LogP contribution in [0.4, 0.5) is 0 Å². The number of aromatic nitrogens is 4. The monoisotopic (exact) mass is 152 g/mol. The van der Waals surface area contributed by atoms with E-state index < -0.39 is 0 Å². The summed E-state index contributed by atoms with van der Waals surface area (Å²) in [6.07, 6.45) is 5.13. The summed E-state index contributed by atoms with van der Waals surface area (Å²) in [7, 11) is 0. The molecule has 1 aromatic rings. The minimum absolute atomic E-state index is 0.574. The van der Waals surface area contributed by atoms with Gasteiger partial charge < -0.3 is 0 Å². The van der Waals surface area contributed by atoms with Crippen molar-refractivity contribution in [1.29, 1.82) is 0 Å². The van der Waals surface area contributed by atoms with Crippen molar-refractivity contribution in [2.75, 3.05) is 0 Å². The zero-order valence-electron chi connectivity index (χ0n) is 6.69. The lowest BCUT2D eigenvalue weighted by molar-refractivity contribution is 0.444. The van der Waals surface area contributed by atoms with Gasteiger partial charge in [0.05, 0.1) is 6.04 Å². The summed E-state index contributed by atoms with van der Waals surface area (Å²) in [5, 5.41) is 11.4. The van der Waals surface area contributed by atoms with E-state index in [0.717, 1.165) is 5.82 Å². The molecule has 0 spiro atoms. The molecule has 4 nitrogen and oxygen atoms in total. The van der Waals surface area contributed by atoms with E-state index in [1.54, 1.807) is 0 Å². The Labute approximate surface area is 65.6 Å². The highest BCUT2D eigenvalue weighted by Crippen LogP contribution is 2.28. The first-order chi connectivity index (χ1) is 5.38. The Hall–Kier alpha value is -0.930. The van der Waals surface area contributed by atoms with Crippen LogP contribution in [0.3, 0.4) is 0 Å². The van der Waals surface area contributed by atoms with E-state index in [0.29, 0.717) is 6.04 Å². The third-order valence-corrected chi connectivity index (χ3v) is 2.33. The lowest BCUT2D eigenvalue weighted by Gasteiger charge is -2.08. The summed E-state index contributed by atoms with van der Waals surface area (Å²) < 4.78 is 1.95. The maximum atomic E-state index is 3.95. The van der Waals surface area contributed by atoms with Gasteiger partial charge in [0.2, 0.25) is 0 Å². The second-order valence-electron chi connectivity index (χ2n) is 3.11. The van der Waals surface area contributed by atoms with Crippen molar-refractivity contribution in [3.8, 4) is 0 Å². The molecule has 1 aliphatic rings. The third-order valence-electron chi connectivity index (χ3n) is 2.33. The maximum Gasteiger partial charge on any atom is 0.148 e. The van der Waals surface area contributed by atoms with Crippen molar-refractivity contribution in [2.45, 2.75) is 38.6 Å². The van der Waals surface area contributed by atoms with E-state index in [9.17, 15) is 0 Å². The van der Waals surface area contributed by atoms with E-state index in [-0.39, 0.29) is 0 Å². The zero-order chi connectivity index (χ0) is 7.68. The molecule has 0 atom stereocenters. The Kier molecular flexibility index (Phi) is 1.60. The van der Waals surface area contributed by atoms with Gasteiger partial charge in [-0.1, -0.05) is 12.8 Å². The van der Waals surface area contributed by atoms with Crippen molar-refractivity contribution in [3.05, 3.63) is 5.82 Å². The standard InChI is InChI=1S/C7H12N4/c1-6-8-9-10-11(6)7-4-2-3-5-7/h7H,2-5H2,1H3. The molecular weight excluding hydrogens is 140 g/mol. The molecule has 60 valence electrons. The molecule has 0 N–H and O–H groups in total. The predicted octanol–water partition coefficient (Wildman–Crippen LogP) is 1.10. The van der Waals surface area contributed by atoms with Crippen LogP contribution < -0.4 is 0 Å². The van der Waals surface area contributed by atoms with Crippen molar-refractivity contribution in [3.63, 3.8) is 0 Å². The van der Waals surface area contributed by atoms with Gasteiger partial charge in [0.25, 0.3) is 0 Å². The minimum Gasteiger partial charge on any atom is -0.227 e. The zero-order valence-corrected chi connectivity index (χ0v) is 6.69. The molecule has 1 aromatic heterocycles. The molecule has 0 amide bonds. The molecule has 0 unspecified atom stereocenters. The Morgan fingerprint density at radius 1 is 1.36 bits per heavy atom. The topological polar surface area (TPSA) is 43.6 Å². The number of nitrogens with zero attached hydrogens (tertiary/aromatic N) is 4. The van der Waals surface area contributed by atoms with Gasteiger partial charge in [-0.3, -0.25) is 0 Å². The van der Waals surface area contributed by atoms with Gasteiger partial charge in [0.1, 0.15) is 5.82 Å². The second-order valence-corrected chi connectivity index (χ2v) is 3.11. The van der Waals surface area contributed by atoms with Crippen LogP contribution in [0.5, 0.6) is 0 Å². The van der Waals surface area contributed by atoms with Gasteiger partial charge in [-0.2, -0.15) is 0 Å². The number of rotatable bonds is 1. The average Bonchev–Trinajstić information content (AvgIpc) is 2.55. The van der Waals surface area contributed by atoms with Gasteiger partial charge >= 0.3 is 0 Å². The lowest BCUT2D eigenvalue weighted by atomic mass is 10.2. The number of aryl methyl sites for hydroxylation is 1. The molecule has 1 saturated carbocycles. The summed E-state index contributed by atoms with van der Waals surface area (Å²) in [4.78, 5) is 0. The average molecular weight is 152 g/mol. The fourth-order valence-electron chi connectivity index (χ4n) is 1.72. The first-order valence-corrected chi connectivity index (χ1v) is 4.12. The van der Waals surface area contributed by atoms with E-state index in [4.69, 9.17) is 0 Å². The Balaban J connectivity index is 2.21. The van der Waals surface area contributed by atoms with Crippen molar-refractivity contribution in [1.82, 2.24) is 20.2 Å². The molecule has 1 aliphatic carbocycles. The summed E-state index contributed by atoms with van der Waals surface area (Å²) in [6, 6.07) is 0.574. The van der Waals surface area contributed by atoms with Crippen LogP contribution in [-0.2, 0) is 0 Å². The summed E-state index contributed by atoms with van der Waals surface area (Å²) in [5.74, 6) is 0.942.